The summed E-state index contributed by atoms with van der Waals surface area (Å²) in [5, 5.41) is 8.85. The van der Waals surface area contributed by atoms with Gasteiger partial charge in [-0.15, -0.1) is 5.10 Å². The highest BCUT2D eigenvalue weighted by Crippen LogP contribution is 2.39. The van der Waals surface area contributed by atoms with Gasteiger partial charge in [-0.25, -0.2) is 0 Å². The van der Waals surface area contributed by atoms with E-state index in [-0.39, 0.29) is 0 Å². The van der Waals surface area contributed by atoms with E-state index in [1.807, 2.05) is 18.2 Å². The van der Waals surface area contributed by atoms with Crippen molar-refractivity contribution in [3.05, 3.63) is 54.2 Å². The molecule has 3 nitrogen and oxygen atoms in total. The van der Waals surface area contributed by atoms with E-state index in [0.29, 0.717) is 5.92 Å². The van der Waals surface area contributed by atoms with Crippen molar-refractivity contribution >= 4 is 5.57 Å². The Morgan fingerprint density at radius 2 is 1.71 bits per heavy atom. The maximum Gasteiger partial charge on any atom is 0.0930 e. The number of aromatic nitrogens is 2. The topological polar surface area (TPSA) is 29.0 Å². The Kier molecular flexibility index (Phi) is 3.08. The van der Waals surface area contributed by atoms with Crippen LogP contribution >= 0.6 is 0 Å². The third-order valence-corrected chi connectivity index (χ3v) is 4.63. The van der Waals surface area contributed by atoms with Gasteiger partial charge in [-0.3, -0.25) is 0 Å². The molecule has 106 valence electrons. The first-order valence-corrected chi connectivity index (χ1v) is 7.58. The lowest BCUT2D eigenvalue weighted by molar-refractivity contribution is 0.395. The third-order valence-electron chi connectivity index (χ3n) is 4.63. The van der Waals surface area contributed by atoms with Crippen LogP contribution in [0, 0.1) is 11.8 Å². The highest BCUT2D eigenvalue weighted by atomic mass is 15.1. The molecule has 0 radical (unpaired) electrons. The van der Waals surface area contributed by atoms with E-state index in [1.165, 1.54) is 18.7 Å². The summed E-state index contributed by atoms with van der Waals surface area (Å²) in [5.41, 5.74) is 4.49. The minimum absolute atomic E-state index is 0.709. The number of rotatable bonds is 2. The van der Waals surface area contributed by atoms with Crippen molar-refractivity contribution in [1.29, 1.82) is 0 Å². The number of nitrogens with zero attached hydrogens (tertiary/aromatic N) is 3. The van der Waals surface area contributed by atoms with Crippen LogP contribution in [0.1, 0.15) is 12.1 Å². The van der Waals surface area contributed by atoms with Gasteiger partial charge < -0.3 is 4.90 Å². The standard InChI is InChI=1S/C18H19N3/c1-21-11-15-9-14(10-16(15)12-21)18-8-7-17(19-20-18)13-5-3-2-4-6-13/h2-9,15-16H,10-12H2,1H3/t15-,16+/m0/s1. The molecule has 0 unspecified atom stereocenters. The smallest absolute Gasteiger partial charge is 0.0930 e. The average Bonchev–Trinajstić information content (AvgIpc) is 3.06. The molecule has 1 fully saturated rings. The summed E-state index contributed by atoms with van der Waals surface area (Å²) in [6.07, 6.45) is 3.56. The summed E-state index contributed by atoms with van der Waals surface area (Å²) < 4.78 is 0. The van der Waals surface area contributed by atoms with Gasteiger partial charge in [0.2, 0.25) is 0 Å². The van der Waals surface area contributed by atoms with Gasteiger partial charge in [0.25, 0.3) is 0 Å². The fourth-order valence-corrected chi connectivity index (χ4v) is 3.59. The van der Waals surface area contributed by atoms with E-state index in [1.54, 1.807) is 0 Å². The first kappa shape index (κ1) is 12.7. The van der Waals surface area contributed by atoms with Crippen LogP contribution in [0.5, 0.6) is 0 Å². The second kappa shape index (κ2) is 5.08. The molecule has 0 amide bonds. The maximum absolute atomic E-state index is 4.45. The van der Waals surface area contributed by atoms with Crippen LogP contribution in [0.3, 0.4) is 0 Å². The summed E-state index contributed by atoms with van der Waals surface area (Å²) in [7, 11) is 2.21. The summed E-state index contributed by atoms with van der Waals surface area (Å²) in [6.45, 7) is 2.39. The van der Waals surface area contributed by atoms with Crippen LogP contribution in [-0.2, 0) is 0 Å². The minimum atomic E-state index is 0.709. The van der Waals surface area contributed by atoms with Crippen molar-refractivity contribution < 1.29 is 0 Å². The molecule has 1 aliphatic carbocycles. The zero-order valence-corrected chi connectivity index (χ0v) is 12.2. The Morgan fingerprint density at radius 3 is 2.43 bits per heavy atom. The molecule has 2 atom stereocenters. The van der Waals surface area contributed by atoms with Gasteiger partial charge >= 0.3 is 0 Å². The van der Waals surface area contributed by atoms with Gasteiger partial charge in [0.1, 0.15) is 0 Å². The van der Waals surface area contributed by atoms with E-state index in [0.717, 1.165) is 29.3 Å². The Morgan fingerprint density at radius 1 is 0.952 bits per heavy atom. The molecule has 2 aliphatic rings. The molecule has 4 rings (SSSR count). The largest absolute Gasteiger partial charge is 0.305 e. The SMILES string of the molecule is CN1C[C@H]2CC(c3ccc(-c4ccccc4)nn3)=C[C@H]2C1. The van der Waals surface area contributed by atoms with E-state index in [2.05, 4.69) is 52.5 Å². The molecular formula is C18H19N3. The number of fused-ring (bicyclic) bond motifs is 1. The molecule has 1 aromatic carbocycles. The van der Waals surface area contributed by atoms with Gasteiger partial charge in [0, 0.05) is 18.7 Å². The molecule has 0 bridgehead atoms. The molecule has 2 aromatic rings. The van der Waals surface area contributed by atoms with Crippen LogP contribution in [-0.4, -0.2) is 35.2 Å². The fourth-order valence-electron chi connectivity index (χ4n) is 3.59. The zero-order chi connectivity index (χ0) is 14.2. The fraction of sp³-hybridized carbons (Fsp3) is 0.333. The lowest BCUT2D eigenvalue weighted by atomic mass is 9.99. The van der Waals surface area contributed by atoms with Crippen molar-refractivity contribution in [3.63, 3.8) is 0 Å². The Bertz CT molecular complexity index is 661. The first-order valence-electron chi connectivity index (χ1n) is 7.58. The summed E-state index contributed by atoms with van der Waals surface area (Å²) in [5.74, 6) is 1.49. The van der Waals surface area contributed by atoms with Gasteiger partial charge in [-0.1, -0.05) is 36.4 Å². The second-order valence-electron chi connectivity index (χ2n) is 6.21. The van der Waals surface area contributed by atoms with Crippen molar-refractivity contribution in [2.24, 2.45) is 11.8 Å². The number of allylic oxidation sites excluding steroid dienone is 1. The number of benzene rings is 1. The minimum Gasteiger partial charge on any atom is -0.305 e. The van der Waals surface area contributed by atoms with Gasteiger partial charge in [0.15, 0.2) is 0 Å². The normalized spacial score (nSPS) is 24.9. The van der Waals surface area contributed by atoms with E-state index >= 15 is 0 Å². The number of hydrogen-bond acceptors (Lipinski definition) is 3. The van der Waals surface area contributed by atoms with Crippen molar-refractivity contribution in [1.82, 2.24) is 15.1 Å². The molecule has 0 N–H and O–H groups in total. The van der Waals surface area contributed by atoms with Crippen LogP contribution in [0.2, 0.25) is 0 Å². The monoisotopic (exact) mass is 277 g/mol. The van der Waals surface area contributed by atoms with Crippen LogP contribution in [0.15, 0.2) is 48.5 Å². The molecule has 21 heavy (non-hydrogen) atoms. The zero-order valence-electron chi connectivity index (χ0n) is 12.2. The molecule has 1 aromatic heterocycles. The predicted molar refractivity (Wildman–Crippen MR) is 84.5 cm³/mol. The summed E-state index contributed by atoms with van der Waals surface area (Å²) in [4.78, 5) is 2.42. The van der Waals surface area contributed by atoms with Crippen LogP contribution in [0.4, 0.5) is 0 Å². The quantitative estimate of drug-likeness (QED) is 0.844. The molecule has 0 spiro atoms. The lowest BCUT2D eigenvalue weighted by Gasteiger charge is -2.09. The highest BCUT2D eigenvalue weighted by Gasteiger charge is 2.35. The highest BCUT2D eigenvalue weighted by molar-refractivity contribution is 5.67. The Labute approximate surface area is 125 Å². The Balaban J connectivity index is 1.57. The Hall–Kier alpha value is -2.00. The number of hydrogen-bond donors (Lipinski definition) is 0. The second-order valence-corrected chi connectivity index (χ2v) is 6.21. The third kappa shape index (κ3) is 2.38. The number of likely N-dealkylation sites (tertiary alicyclic amines) is 1. The molecule has 0 saturated carbocycles. The molecule has 1 saturated heterocycles. The first-order chi connectivity index (χ1) is 10.3. The maximum atomic E-state index is 4.45. The van der Waals surface area contributed by atoms with E-state index in [4.69, 9.17) is 0 Å². The van der Waals surface area contributed by atoms with E-state index < -0.39 is 0 Å². The van der Waals surface area contributed by atoms with Crippen LogP contribution < -0.4 is 0 Å². The average molecular weight is 277 g/mol. The molecule has 3 heteroatoms. The molecule has 1 aliphatic heterocycles. The summed E-state index contributed by atoms with van der Waals surface area (Å²) in [6, 6.07) is 14.4. The van der Waals surface area contributed by atoms with Gasteiger partial charge in [0.05, 0.1) is 11.4 Å². The lowest BCUT2D eigenvalue weighted by Crippen LogP contribution is -2.14. The summed E-state index contributed by atoms with van der Waals surface area (Å²) >= 11 is 0. The molecular weight excluding hydrogens is 258 g/mol. The van der Waals surface area contributed by atoms with Gasteiger partial charge in [-0.2, -0.15) is 5.10 Å². The molecule has 2 heterocycles. The predicted octanol–water partition coefficient (Wildman–Crippen LogP) is 3.11. The van der Waals surface area contributed by atoms with Crippen molar-refractivity contribution in [2.45, 2.75) is 6.42 Å². The van der Waals surface area contributed by atoms with E-state index in [9.17, 15) is 0 Å². The van der Waals surface area contributed by atoms with Crippen molar-refractivity contribution in [2.75, 3.05) is 20.1 Å². The van der Waals surface area contributed by atoms with Gasteiger partial charge in [-0.05, 0) is 43.0 Å². The van der Waals surface area contributed by atoms with Crippen LogP contribution in [0.25, 0.3) is 16.8 Å². The van der Waals surface area contributed by atoms with Crippen molar-refractivity contribution in [3.8, 4) is 11.3 Å².